The molecule has 3 atom stereocenters. The summed E-state index contributed by atoms with van der Waals surface area (Å²) >= 11 is 0. The third kappa shape index (κ3) is 3.76. The molecule has 1 heterocycles. The maximum Gasteiger partial charge on any atom is 0.0197 e. The van der Waals surface area contributed by atoms with Crippen LogP contribution in [0.2, 0.25) is 0 Å². The van der Waals surface area contributed by atoms with Crippen molar-refractivity contribution in [3.63, 3.8) is 0 Å². The van der Waals surface area contributed by atoms with E-state index in [1.54, 1.807) is 0 Å². The lowest BCUT2D eigenvalue weighted by Gasteiger charge is -2.42. The highest BCUT2D eigenvalue weighted by Gasteiger charge is 2.32. The SMILES string of the molecule is CN(CC1CCC2CCCCC2N1)C1CCCCCC1. The molecule has 2 heteroatoms. The van der Waals surface area contributed by atoms with Gasteiger partial charge in [-0.2, -0.15) is 0 Å². The number of hydrogen-bond donors (Lipinski definition) is 1. The summed E-state index contributed by atoms with van der Waals surface area (Å²) < 4.78 is 0. The first kappa shape index (κ1) is 14.8. The van der Waals surface area contributed by atoms with Crippen molar-refractivity contribution >= 4 is 0 Å². The molecule has 3 aliphatic rings. The van der Waals surface area contributed by atoms with E-state index in [1.165, 1.54) is 83.6 Å². The topological polar surface area (TPSA) is 15.3 Å². The van der Waals surface area contributed by atoms with Gasteiger partial charge in [-0.3, -0.25) is 0 Å². The molecule has 1 aliphatic heterocycles. The number of fused-ring (bicyclic) bond motifs is 1. The van der Waals surface area contributed by atoms with Crippen LogP contribution in [0.5, 0.6) is 0 Å². The van der Waals surface area contributed by atoms with E-state index in [0.29, 0.717) is 0 Å². The normalized spacial score (nSPS) is 36.6. The van der Waals surface area contributed by atoms with Crippen molar-refractivity contribution < 1.29 is 0 Å². The molecule has 1 N–H and O–H groups in total. The van der Waals surface area contributed by atoms with Gasteiger partial charge < -0.3 is 10.2 Å². The number of nitrogens with one attached hydrogen (secondary N) is 1. The van der Waals surface area contributed by atoms with Crippen LogP contribution in [-0.4, -0.2) is 36.6 Å². The Morgan fingerprint density at radius 1 is 0.800 bits per heavy atom. The Hall–Kier alpha value is -0.0800. The van der Waals surface area contributed by atoms with E-state index < -0.39 is 0 Å². The number of nitrogens with zero attached hydrogens (tertiary/aromatic N) is 1. The second-order valence-corrected chi connectivity index (χ2v) is 7.68. The van der Waals surface area contributed by atoms with Gasteiger partial charge in [-0.1, -0.05) is 38.5 Å². The monoisotopic (exact) mass is 278 g/mol. The minimum atomic E-state index is 0.766. The molecule has 0 aromatic heterocycles. The summed E-state index contributed by atoms with van der Waals surface area (Å²) in [5.41, 5.74) is 0. The predicted molar refractivity (Wildman–Crippen MR) is 86.0 cm³/mol. The van der Waals surface area contributed by atoms with Gasteiger partial charge in [0.05, 0.1) is 0 Å². The molecular formula is C18H34N2. The highest BCUT2D eigenvalue weighted by atomic mass is 15.2. The quantitative estimate of drug-likeness (QED) is 0.786. The van der Waals surface area contributed by atoms with Gasteiger partial charge in [0.1, 0.15) is 0 Å². The fraction of sp³-hybridized carbons (Fsp3) is 1.00. The fourth-order valence-corrected chi connectivity index (χ4v) is 4.91. The third-order valence-corrected chi connectivity index (χ3v) is 6.20. The molecule has 116 valence electrons. The smallest absolute Gasteiger partial charge is 0.0197 e. The number of likely N-dealkylation sites (N-methyl/N-ethyl adjacent to an activating group) is 1. The summed E-state index contributed by atoms with van der Waals surface area (Å²) in [6.07, 6.45) is 17.5. The van der Waals surface area contributed by atoms with Crippen LogP contribution < -0.4 is 5.32 Å². The third-order valence-electron chi connectivity index (χ3n) is 6.20. The van der Waals surface area contributed by atoms with Crippen molar-refractivity contribution in [2.24, 2.45) is 5.92 Å². The Balaban J connectivity index is 1.47. The van der Waals surface area contributed by atoms with Crippen molar-refractivity contribution in [2.75, 3.05) is 13.6 Å². The Morgan fingerprint density at radius 3 is 2.30 bits per heavy atom. The van der Waals surface area contributed by atoms with Gasteiger partial charge in [0.15, 0.2) is 0 Å². The standard InChI is InChI=1S/C18H34N2/c1-20(17-9-4-2-3-5-10-17)14-16-13-12-15-8-6-7-11-18(15)19-16/h15-19H,2-14H2,1H3. The van der Waals surface area contributed by atoms with E-state index in [0.717, 1.165) is 24.0 Å². The van der Waals surface area contributed by atoms with Crippen LogP contribution >= 0.6 is 0 Å². The molecule has 2 saturated carbocycles. The molecule has 3 fully saturated rings. The molecule has 0 bridgehead atoms. The Kier molecular flexibility index (Phi) is 5.39. The second-order valence-electron chi connectivity index (χ2n) is 7.68. The summed E-state index contributed by atoms with van der Waals surface area (Å²) in [5.74, 6) is 1.00. The molecule has 1 saturated heterocycles. The minimum absolute atomic E-state index is 0.766. The molecule has 3 unspecified atom stereocenters. The Morgan fingerprint density at radius 2 is 1.50 bits per heavy atom. The van der Waals surface area contributed by atoms with Crippen LogP contribution in [0.15, 0.2) is 0 Å². The van der Waals surface area contributed by atoms with Crippen LogP contribution in [0.3, 0.4) is 0 Å². The van der Waals surface area contributed by atoms with E-state index in [9.17, 15) is 0 Å². The zero-order chi connectivity index (χ0) is 13.8. The lowest BCUT2D eigenvalue weighted by atomic mass is 9.77. The van der Waals surface area contributed by atoms with Crippen LogP contribution in [-0.2, 0) is 0 Å². The largest absolute Gasteiger partial charge is 0.310 e. The molecule has 3 rings (SSSR count). The molecular weight excluding hydrogens is 244 g/mol. The maximum absolute atomic E-state index is 4.00. The molecule has 20 heavy (non-hydrogen) atoms. The average Bonchev–Trinajstić information content (AvgIpc) is 2.76. The Bertz CT molecular complexity index is 283. The van der Waals surface area contributed by atoms with Crippen LogP contribution in [0.4, 0.5) is 0 Å². The fourth-order valence-electron chi connectivity index (χ4n) is 4.91. The molecule has 0 amide bonds. The number of rotatable bonds is 3. The summed E-state index contributed by atoms with van der Waals surface area (Å²) in [5, 5.41) is 4.00. The van der Waals surface area contributed by atoms with Crippen LogP contribution in [0.1, 0.15) is 77.0 Å². The highest BCUT2D eigenvalue weighted by Crippen LogP contribution is 2.32. The summed E-state index contributed by atoms with van der Waals surface area (Å²) in [4.78, 5) is 2.69. The van der Waals surface area contributed by atoms with Gasteiger partial charge in [0.2, 0.25) is 0 Å². The molecule has 0 aromatic rings. The summed E-state index contributed by atoms with van der Waals surface area (Å²) in [6, 6.07) is 2.48. The van der Waals surface area contributed by atoms with Gasteiger partial charge >= 0.3 is 0 Å². The van der Waals surface area contributed by atoms with Crippen molar-refractivity contribution in [1.29, 1.82) is 0 Å². The van der Waals surface area contributed by atoms with E-state index in [1.807, 2.05) is 0 Å². The van der Waals surface area contributed by atoms with Gasteiger partial charge in [0, 0.05) is 24.7 Å². The van der Waals surface area contributed by atoms with Crippen LogP contribution in [0.25, 0.3) is 0 Å². The molecule has 0 aromatic carbocycles. The zero-order valence-corrected chi connectivity index (χ0v) is 13.4. The van der Waals surface area contributed by atoms with E-state index in [2.05, 4.69) is 17.3 Å². The first-order chi connectivity index (χ1) is 9.83. The zero-order valence-electron chi connectivity index (χ0n) is 13.4. The first-order valence-electron chi connectivity index (χ1n) is 9.29. The van der Waals surface area contributed by atoms with Gasteiger partial charge in [-0.15, -0.1) is 0 Å². The van der Waals surface area contributed by atoms with Gasteiger partial charge in [-0.05, 0) is 51.5 Å². The van der Waals surface area contributed by atoms with Crippen molar-refractivity contribution in [3.8, 4) is 0 Å². The highest BCUT2D eigenvalue weighted by molar-refractivity contribution is 4.90. The van der Waals surface area contributed by atoms with Crippen molar-refractivity contribution in [1.82, 2.24) is 10.2 Å². The minimum Gasteiger partial charge on any atom is -0.310 e. The second kappa shape index (κ2) is 7.26. The molecule has 0 radical (unpaired) electrons. The molecule has 2 aliphatic carbocycles. The first-order valence-corrected chi connectivity index (χ1v) is 9.29. The van der Waals surface area contributed by atoms with E-state index >= 15 is 0 Å². The molecule has 2 nitrogen and oxygen atoms in total. The maximum atomic E-state index is 4.00. The van der Waals surface area contributed by atoms with Crippen molar-refractivity contribution in [3.05, 3.63) is 0 Å². The average molecular weight is 278 g/mol. The van der Waals surface area contributed by atoms with Gasteiger partial charge in [0.25, 0.3) is 0 Å². The Labute approximate surface area is 125 Å². The predicted octanol–water partition coefficient (Wildman–Crippen LogP) is 3.95. The van der Waals surface area contributed by atoms with E-state index in [-0.39, 0.29) is 0 Å². The number of hydrogen-bond acceptors (Lipinski definition) is 2. The van der Waals surface area contributed by atoms with Crippen molar-refractivity contribution in [2.45, 2.75) is 95.2 Å². The van der Waals surface area contributed by atoms with Crippen LogP contribution in [0, 0.1) is 5.92 Å². The van der Waals surface area contributed by atoms with Gasteiger partial charge in [-0.25, -0.2) is 0 Å². The summed E-state index contributed by atoms with van der Waals surface area (Å²) in [7, 11) is 2.38. The molecule has 0 spiro atoms. The lowest BCUT2D eigenvalue weighted by molar-refractivity contribution is 0.132. The summed E-state index contributed by atoms with van der Waals surface area (Å²) in [6.45, 7) is 1.29. The van der Waals surface area contributed by atoms with E-state index in [4.69, 9.17) is 0 Å². The number of piperidine rings is 1. The lowest BCUT2D eigenvalue weighted by Crippen LogP contribution is -2.53.